The van der Waals surface area contributed by atoms with Gasteiger partial charge in [-0.05, 0) is 40.8 Å². The fraction of sp³-hybridized carbons (Fsp3) is 0.333. The number of carbonyl (C=O) groups is 2. The number of ether oxygens (including phenoxy) is 1. The van der Waals surface area contributed by atoms with Gasteiger partial charge < -0.3 is 15.0 Å². The summed E-state index contributed by atoms with van der Waals surface area (Å²) in [6, 6.07) is 5.38. The van der Waals surface area contributed by atoms with Gasteiger partial charge in [-0.25, -0.2) is 0 Å². The van der Waals surface area contributed by atoms with Crippen molar-refractivity contribution < 1.29 is 14.3 Å². The van der Waals surface area contributed by atoms with Crippen molar-refractivity contribution >= 4 is 34.4 Å². The summed E-state index contributed by atoms with van der Waals surface area (Å²) in [4.78, 5) is 25.1. The first-order valence-corrected chi connectivity index (χ1v) is 6.59. The predicted molar refractivity (Wildman–Crippen MR) is 74.6 cm³/mol. The van der Waals surface area contributed by atoms with Crippen LogP contribution in [0.1, 0.15) is 10.4 Å². The number of amides is 2. The number of piperazine rings is 1. The standard InChI is InChI=1S/C12H13IN2O3/c1-18-10-6-8(13)2-3-9(10)12(17)15-5-4-14-11(16)7-15/h2-3,6H,4-5,7H2,1H3,(H,14,16). The minimum Gasteiger partial charge on any atom is -0.496 e. The van der Waals surface area contributed by atoms with Crippen LogP contribution in [0.15, 0.2) is 18.2 Å². The highest BCUT2D eigenvalue weighted by molar-refractivity contribution is 14.1. The fourth-order valence-corrected chi connectivity index (χ4v) is 2.29. The molecule has 1 aromatic rings. The van der Waals surface area contributed by atoms with E-state index < -0.39 is 0 Å². The van der Waals surface area contributed by atoms with E-state index in [1.54, 1.807) is 12.1 Å². The summed E-state index contributed by atoms with van der Waals surface area (Å²) in [5.74, 6) is 0.245. The van der Waals surface area contributed by atoms with Crippen molar-refractivity contribution in [2.24, 2.45) is 0 Å². The monoisotopic (exact) mass is 360 g/mol. The first-order valence-electron chi connectivity index (χ1n) is 5.51. The molecule has 1 aromatic carbocycles. The Balaban J connectivity index is 2.25. The minimum absolute atomic E-state index is 0.105. The minimum atomic E-state index is -0.168. The van der Waals surface area contributed by atoms with Gasteiger partial charge in [0, 0.05) is 16.7 Å². The number of halogens is 1. The van der Waals surface area contributed by atoms with Gasteiger partial charge in [-0.3, -0.25) is 9.59 Å². The molecule has 1 aliphatic rings. The Bertz CT molecular complexity index is 490. The summed E-state index contributed by atoms with van der Waals surface area (Å²) < 4.78 is 6.21. The van der Waals surface area contributed by atoms with Crippen LogP contribution in [0.5, 0.6) is 5.75 Å². The number of hydrogen-bond acceptors (Lipinski definition) is 3. The largest absolute Gasteiger partial charge is 0.496 e. The molecule has 2 amide bonds. The zero-order chi connectivity index (χ0) is 13.1. The topological polar surface area (TPSA) is 58.6 Å². The van der Waals surface area contributed by atoms with Crippen LogP contribution in [0.2, 0.25) is 0 Å². The van der Waals surface area contributed by atoms with Crippen LogP contribution >= 0.6 is 22.6 Å². The molecule has 1 heterocycles. The first kappa shape index (κ1) is 13.1. The number of rotatable bonds is 2. The number of nitrogens with zero attached hydrogens (tertiary/aromatic N) is 1. The van der Waals surface area contributed by atoms with Crippen molar-refractivity contribution in [3.63, 3.8) is 0 Å². The smallest absolute Gasteiger partial charge is 0.258 e. The maximum Gasteiger partial charge on any atom is 0.258 e. The van der Waals surface area contributed by atoms with E-state index in [9.17, 15) is 9.59 Å². The molecule has 0 saturated carbocycles. The third kappa shape index (κ3) is 2.74. The van der Waals surface area contributed by atoms with Crippen molar-refractivity contribution in [1.29, 1.82) is 0 Å². The van der Waals surface area contributed by atoms with Crippen LogP contribution in [0.4, 0.5) is 0 Å². The van der Waals surface area contributed by atoms with Gasteiger partial charge >= 0.3 is 0 Å². The molecule has 0 radical (unpaired) electrons. The molecule has 18 heavy (non-hydrogen) atoms. The molecule has 1 fully saturated rings. The van der Waals surface area contributed by atoms with Gasteiger partial charge in [-0.15, -0.1) is 0 Å². The highest BCUT2D eigenvalue weighted by Crippen LogP contribution is 2.23. The van der Waals surface area contributed by atoms with Gasteiger partial charge in [0.15, 0.2) is 0 Å². The molecular weight excluding hydrogens is 347 g/mol. The third-order valence-electron chi connectivity index (χ3n) is 2.72. The number of methoxy groups -OCH3 is 1. The van der Waals surface area contributed by atoms with Crippen LogP contribution in [-0.4, -0.2) is 43.5 Å². The number of nitrogens with one attached hydrogen (secondary N) is 1. The van der Waals surface area contributed by atoms with Crippen LogP contribution in [0.3, 0.4) is 0 Å². The normalized spacial score (nSPS) is 15.2. The lowest BCUT2D eigenvalue weighted by molar-refractivity contribution is -0.123. The summed E-state index contributed by atoms with van der Waals surface area (Å²) in [5, 5.41) is 2.69. The second-order valence-electron chi connectivity index (χ2n) is 3.92. The zero-order valence-corrected chi connectivity index (χ0v) is 12.1. The van der Waals surface area contributed by atoms with E-state index in [0.29, 0.717) is 24.4 Å². The lowest BCUT2D eigenvalue weighted by Crippen LogP contribution is -2.50. The molecule has 1 saturated heterocycles. The highest BCUT2D eigenvalue weighted by Gasteiger charge is 2.24. The summed E-state index contributed by atoms with van der Waals surface area (Å²) in [6.07, 6.45) is 0. The van der Waals surface area contributed by atoms with Crippen molar-refractivity contribution in [3.8, 4) is 5.75 Å². The van der Waals surface area contributed by atoms with E-state index in [2.05, 4.69) is 27.9 Å². The molecule has 5 nitrogen and oxygen atoms in total. The average Bonchev–Trinajstić information content (AvgIpc) is 2.37. The quantitative estimate of drug-likeness (QED) is 0.797. The van der Waals surface area contributed by atoms with Gasteiger partial charge in [0.25, 0.3) is 5.91 Å². The van der Waals surface area contributed by atoms with Crippen molar-refractivity contribution in [2.45, 2.75) is 0 Å². The molecule has 96 valence electrons. The van der Waals surface area contributed by atoms with Crippen LogP contribution in [-0.2, 0) is 4.79 Å². The molecule has 6 heteroatoms. The Kier molecular flexibility index (Phi) is 4.05. The second-order valence-corrected chi connectivity index (χ2v) is 5.17. The predicted octanol–water partition coefficient (Wildman–Crippen LogP) is 0.872. The lowest BCUT2D eigenvalue weighted by Gasteiger charge is -2.27. The van der Waals surface area contributed by atoms with Crippen LogP contribution in [0, 0.1) is 3.57 Å². The number of hydrogen-bond donors (Lipinski definition) is 1. The van der Waals surface area contributed by atoms with Gasteiger partial charge in [-0.2, -0.15) is 0 Å². The van der Waals surface area contributed by atoms with Crippen molar-refractivity contribution in [1.82, 2.24) is 10.2 Å². The molecule has 2 rings (SSSR count). The molecule has 0 aliphatic carbocycles. The Morgan fingerprint density at radius 2 is 2.28 bits per heavy atom. The van der Waals surface area contributed by atoms with E-state index in [0.717, 1.165) is 3.57 Å². The Hall–Kier alpha value is -1.31. The summed E-state index contributed by atoms with van der Waals surface area (Å²) in [6.45, 7) is 1.13. The van der Waals surface area contributed by atoms with Gasteiger partial charge in [0.05, 0.1) is 19.2 Å². The lowest BCUT2D eigenvalue weighted by atomic mass is 10.1. The fourth-order valence-electron chi connectivity index (χ4n) is 1.82. The first-order chi connectivity index (χ1) is 8.61. The van der Waals surface area contributed by atoms with Gasteiger partial charge in [0.1, 0.15) is 5.75 Å². The Morgan fingerprint density at radius 1 is 1.50 bits per heavy atom. The molecular formula is C12H13IN2O3. The van der Waals surface area contributed by atoms with E-state index in [4.69, 9.17) is 4.74 Å². The number of carbonyl (C=O) groups excluding carboxylic acids is 2. The average molecular weight is 360 g/mol. The maximum absolute atomic E-state index is 12.3. The Labute approximate surface area is 119 Å². The third-order valence-corrected chi connectivity index (χ3v) is 3.39. The second kappa shape index (κ2) is 5.55. The maximum atomic E-state index is 12.3. The highest BCUT2D eigenvalue weighted by atomic mass is 127. The molecule has 0 bridgehead atoms. The molecule has 0 spiro atoms. The summed E-state index contributed by atoms with van der Waals surface area (Å²) >= 11 is 2.16. The van der Waals surface area contributed by atoms with Crippen LogP contribution in [0.25, 0.3) is 0 Å². The SMILES string of the molecule is COc1cc(I)ccc1C(=O)N1CCNC(=O)C1. The molecule has 0 aromatic heterocycles. The van der Waals surface area contributed by atoms with Gasteiger partial charge in [-0.1, -0.05) is 0 Å². The summed E-state index contributed by atoms with van der Waals surface area (Å²) in [5.41, 5.74) is 0.493. The van der Waals surface area contributed by atoms with Crippen molar-refractivity contribution in [3.05, 3.63) is 27.3 Å². The molecule has 1 N–H and O–H groups in total. The zero-order valence-electron chi connectivity index (χ0n) is 9.90. The van der Waals surface area contributed by atoms with Gasteiger partial charge in [0.2, 0.25) is 5.91 Å². The summed E-state index contributed by atoms with van der Waals surface area (Å²) in [7, 11) is 1.53. The van der Waals surface area contributed by atoms with E-state index in [-0.39, 0.29) is 18.4 Å². The molecule has 0 atom stereocenters. The van der Waals surface area contributed by atoms with Crippen LogP contribution < -0.4 is 10.1 Å². The number of benzene rings is 1. The van der Waals surface area contributed by atoms with E-state index in [1.807, 2.05) is 6.07 Å². The Morgan fingerprint density at radius 3 is 2.94 bits per heavy atom. The molecule has 1 aliphatic heterocycles. The van der Waals surface area contributed by atoms with E-state index in [1.165, 1.54) is 12.0 Å². The van der Waals surface area contributed by atoms with E-state index >= 15 is 0 Å². The van der Waals surface area contributed by atoms with Crippen molar-refractivity contribution in [2.75, 3.05) is 26.7 Å². The molecule has 0 unspecified atom stereocenters.